The van der Waals surface area contributed by atoms with Gasteiger partial charge in [-0.25, -0.2) is 36.4 Å². The first-order chi connectivity index (χ1) is 23.1. The van der Waals surface area contributed by atoms with Crippen molar-refractivity contribution in [3.8, 4) is 28.3 Å². The van der Waals surface area contributed by atoms with Crippen molar-refractivity contribution >= 4 is 44.1 Å². The van der Waals surface area contributed by atoms with Crippen molar-refractivity contribution in [1.29, 1.82) is 0 Å². The topological polar surface area (TPSA) is 135 Å². The van der Waals surface area contributed by atoms with Gasteiger partial charge in [0.15, 0.2) is 23.3 Å². The fraction of sp³-hybridized carbons (Fsp3) is 0.182. The van der Waals surface area contributed by atoms with Crippen molar-refractivity contribution in [3.05, 3.63) is 90.2 Å². The van der Waals surface area contributed by atoms with Gasteiger partial charge in [0.2, 0.25) is 0 Å². The van der Waals surface area contributed by atoms with E-state index in [9.17, 15) is 13.2 Å². The highest BCUT2D eigenvalue weighted by Gasteiger charge is 2.27. The van der Waals surface area contributed by atoms with Gasteiger partial charge < -0.3 is 25.0 Å². The first-order valence-corrected chi connectivity index (χ1v) is 16.2. The lowest BCUT2D eigenvalue weighted by molar-refractivity contribution is 0.122. The van der Waals surface area contributed by atoms with Crippen LogP contribution in [-0.4, -0.2) is 64.9 Å². The number of hydrogen-bond acceptors (Lipinski definition) is 8. The molecule has 2 amide bonds. The number of nitrogens with one attached hydrogen (secondary N) is 3. The normalized spacial score (nSPS) is 13.3. The molecule has 6 rings (SSSR count). The molecule has 0 saturated carbocycles. The van der Waals surface area contributed by atoms with E-state index in [1.54, 1.807) is 30.3 Å². The number of urea groups is 1. The summed E-state index contributed by atoms with van der Waals surface area (Å²) in [6.45, 7) is 1.69. The Labute approximate surface area is 273 Å². The van der Waals surface area contributed by atoms with Gasteiger partial charge in [0, 0.05) is 42.8 Å². The standard InChI is InChI=1S/C33H29F3N6O5S/c1-37-33(43)38-21-10-8-19(9-11-21)31-39-30-23(32(40-31)42-12-14-47-15-13-42)16-20(17-26(30)46-2)27-28(35)24(34)18-25(29(27)36)41-48(44,45)22-6-4-3-5-7-22/h3-11,16-18,41H,12-15H2,1-2H3,(H2,37,38,43). The molecule has 1 fully saturated rings. The predicted octanol–water partition coefficient (Wildman–Crippen LogP) is 5.78. The van der Waals surface area contributed by atoms with Crippen molar-refractivity contribution in [2.75, 3.05) is 55.4 Å². The number of methoxy groups -OCH3 is 1. The second-order valence-corrected chi connectivity index (χ2v) is 12.3. The number of carbonyl (C=O) groups is 1. The summed E-state index contributed by atoms with van der Waals surface area (Å²) < 4.78 is 85.7. The van der Waals surface area contributed by atoms with Crippen LogP contribution in [0.5, 0.6) is 5.75 Å². The van der Waals surface area contributed by atoms with E-state index in [1.807, 2.05) is 9.62 Å². The van der Waals surface area contributed by atoms with E-state index >= 15 is 13.2 Å². The number of sulfonamides is 1. The van der Waals surface area contributed by atoms with Crippen LogP contribution in [0.15, 0.2) is 77.7 Å². The molecule has 1 aliphatic rings. The maximum absolute atomic E-state index is 16.1. The number of fused-ring (bicyclic) bond motifs is 1. The van der Waals surface area contributed by atoms with Crippen LogP contribution < -0.4 is 25.0 Å². The van der Waals surface area contributed by atoms with Crippen LogP contribution >= 0.6 is 0 Å². The first kappa shape index (κ1) is 32.5. The fourth-order valence-electron chi connectivity index (χ4n) is 5.26. The maximum atomic E-state index is 16.1. The number of carbonyl (C=O) groups excluding carboxylic acids is 1. The van der Waals surface area contributed by atoms with Crippen molar-refractivity contribution in [2.45, 2.75) is 4.90 Å². The van der Waals surface area contributed by atoms with Crippen LogP contribution in [0.2, 0.25) is 0 Å². The van der Waals surface area contributed by atoms with Gasteiger partial charge in [0.05, 0.1) is 36.5 Å². The molecule has 2 heterocycles. The van der Waals surface area contributed by atoms with E-state index in [-0.39, 0.29) is 22.2 Å². The molecular formula is C33H29F3N6O5S. The van der Waals surface area contributed by atoms with Crippen LogP contribution in [0, 0.1) is 17.5 Å². The van der Waals surface area contributed by atoms with E-state index in [4.69, 9.17) is 19.4 Å². The van der Waals surface area contributed by atoms with E-state index < -0.39 is 38.7 Å². The van der Waals surface area contributed by atoms with Crippen LogP contribution in [0.4, 0.5) is 35.2 Å². The lowest BCUT2D eigenvalue weighted by Gasteiger charge is -2.29. The molecule has 1 aliphatic heterocycles. The summed E-state index contributed by atoms with van der Waals surface area (Å²) >= 11 is 0. The molecule has 15 heteroatoms. The fourth-order valence-corrected chi connectivity index (χ4v) is 6.33. The van der Waals surface area contributed by atoms with Crippen molar-refractivity contribution in [1.82, 2.24) is 15.3 Å². The number of amides is 2. The largest absolute Gasteiger partial charge is 0.494 e. The third-order valence-electron chi connectivity index (χ3n) is 7.65. The number of aromatic nitrogens is 2. The molecule has 3 N–H and O–H groups in total. The van der Waals surface area contributed by atoms with E-state index in [2.05, 4.69) is 10.6 Å². The minimum Gasteiger partial charge on any atom is -0.494 e. The summed E-state index contributed by atoms with van der Waals surface area (Å²) in [5.41, 5.74) is -0.262. The highest BCUT2D eigenvalue weighted by molar-refractivity contribution is 7.92. The number of morpholine rings is 1. The third-order valence-corrected chi connectivity index (χ3v) is 9.03. The molecule has 248 valence electrons. The highest BCUT2D eigenvalue weighted by atomic mass is 32.2. The Morgan fingerprint density at radius 3 is 2.29 bits per heavy atom. The Hall–Kier alpha value is -5.41. The zero-order valence-corrected chi connectivity index (χ0v) is 26.5. The summed E-state index contributed by atoms with van der Waals surface area (Å²) in [6, 6.07) is 16.7. The van der Waals surface area contributed by atoms with Crippen LogP contribution in [0.25, 0.3) is 33.4 Å². The minimum absolute atomic E-state index is 0.105. The van der Waals surface area contributed by atoms with Gasteiger partial charge in [-0.05, 0) is 54.1 Å². The molecule has 0 atom stereocenters. The number of nitrogens with zero attached hydrogens (tertiary/aromatic N) is 3. The molecule has 0 unspecified atom stereocenters. The number of halogens is 3. The van der Waals surface area contributed by atoms with Gasteiger partial charge in [-0.1, -0.05) is 18.2 Å². The Morgan fingerprint density at radius 1 is 0.917 bits per heavy atom. The van der Waals surface area contributed by atoms with Crippen molar-refractivity contribution in [2.24, 2.45) is 0 Å². The Kier molecular flexibility index (Phi) is 9.06. The molecule has 0 spiro atoms. The van der Waals surface area contributed by atoms with Gasteiger partial charge in [-0.2, -0.15) is 0 Å². The lowest BCUT2D eigenvalue weighted by atomic mass is 10.00. The van der Waals surface area contributed by atoms with Crippen LogP contribution in [0.1, 0.15) is 0 Å². The van der Waals surface area contributed by atoms with E-state index in [1.165, 1.54) is 50.6 Å². The van der Waals surface area contributed by atoms with Gasteiger partial charge in [0.1, 0.15) is 17.1 Å². The van der Waals surface area contributed by atoms with Gasteiger partial charge >= 0.3 is 6.03 Å². The smallest absolute Gasteiger partial charge is 0.318 e. The summed E-state index contributed by atoms with van der Waals surface area (Å²) in [7, 11) is -1.49. The van der Waals surface area contributed by atoms with E-state index in [0.717, 1.165) is 0 Å². The third kappa shape index (κ3) is 6.41. The SMILES string of the molecule is CNC(=O)Nc1ccc(-c2nc(N3CCOCC3)c3cc(-c4c(F)c(F)cc(NS(=O)(=O)c5ccccc5)c4F)cc(OC)c3n2)cc1. The molecule has 1 aromatic heterocycles. The molecule has 0 bridgehead atoms. The second kappa shape index (κ2) is 13.4. The average Bonchev–Trinajstić information content (AvgIpc) is 3.10. The number of benzene rings is 4. The van der Waals surface area contributed by atoms with Crippen LogP contribution in [0.3, 0.4) is 0 Å². The van der Waals surface area contributed by atoms with E-state index in [0.29, 0.717) is 66.2 Å². The number of anilines is 3. The monoisotopic (exact) mass is 678 g/mol. The molecule has 48 heavy (non-hydrogen) atoms. The molecule has 0 aliphatic carbocycles. The molecule has 1 saturated heterocycles. The molecule has 0 radical (unpaired) electrons. The summed E-state index contributed by atoms with van der Waals surface area (Å²) in [5, 5.41) is 5.51. The number of rotatable bonds is 8. The summed E-state index contributed by atoms with van der Waals surface area (Å²) in [6.07, 6.45) is 0. The Morgan fingerprint density at radius 2 is 1.62 bits per heavy atom. The van der Waals surface area contributed by atoms with Crippen LogP contribution in [-0.2, 0) is 14.8 Å². The lowest BCUT2D eigenvalue weighted by Crippen LogP contribution is -2.37. The number of hydrogen-bond donors (Lipinski definition) is 3. The highest BCUT2D eigenvalue weighted by Crippen LogP contribution is 2.41. The number of ether oxygens (including phenoxy) is 2. The predicted molar refractivity (Wildman–Crippen MR) is 175 cm³/mol. The zero-order chi connectivity index (χ0) is 34.0. The van der Waals surface area contributed by atoms with Gasteiger partial charge in [0.25, 0.3) is 10.0 Å². The summed E-state index contributed by atoms with van der Waals surface area (Å²) in [4.78, 5) is 23.0. The molecule has 11 nitrogen and oxygen atoms in total. The second-order valence-electron chi connectivity index (χ2n) is 10.7. The molecule has 4 aromatic carbocycles. The Bertz CT molecular complexity index is 2110. The molecule has 5 aromatic rings. The van der Waals surface area contributed by atoms with Gasteiger partial charge in [-0.15, -0.1) is 0 Å². The quantitative estimate of drug-likeness (QED) is 0.176. The maximum Gasteiger partial charge on any atom is 0.318 e. The van der Waals surface area contributed by atoms with Gasteiger partial charge in [-0.3, -0.25) is 4.72 Å². The van der Waals surface area contributed by atoms with Crippen molar-refractivity contribution < 1.29 is 35.9 Å². The first-order valence-electron chi connectivity index (χ1n) is 14.7. The average molecular weight is 679 g/mol. The van der Waals surface area contributed by atoms with Crippen molar-refractivity contribution in [3.63, 3.8) is 0 Å². The Balaban J connectivity index is 1.51. The minimum atomic E-state index is -4.34. The molecular weight excluding hydrogens is 649 g/mol. The zero-order valence-electron chi connectivity index (χ0n) is 25.7. The summed E-state index contributed by atoms with van der Waals surface area (Å²) in [5.74, 6) is -3.49.